The van der Waals surface area contributed by atoms with Crippen molar-refractivity contribution in [2.75, 3.05) is 5.73 Å². The molecule has 0 aliphatic heterocycles. The van der Waals surface area contributed by atoms with Gasteiger partial charge in [0, 0.05) is 5.69 Å². The van der Waals surface area contributed by atoms with Crippen LogP contribution in [-0.4, -0.2) is 26.2 Å². The molecule has 2 N–H and O–H groups in total. The van der Waals surface area contributed by atoms with Crippen molar-refractivity contribution in [2.45, 2.75) is 19.8 Å². The zero-order valence-electron chi connectivity index (χ0n) is 13.9. The summed E-state index contributed by atoms with van der Waals surface area (Å²) in [7, 11) is 0. The Morgan fingerprint density at radius 2 is 1.96 bits per heavy atom. The average molecular weight is 400 g/mol. The molecule has 142 valence electrons. The van der Waals surface area contributed by atoms with E-state index in [-0.39, 0.29) is 17.3 Å². The molecule has 0 saturated heterocycles. The first kappa shape index (κ1) is 18.8. The molecule has 0 fully saturated rings. The van der Waals surface area contributed by atoms with Crippen molar-refractivity contribution < 1.29 is 17.9 Å². The summed E-state index contributed by atoms with van der Waals surface area (Å²) in [6.07, 6.45) is -4.88. The van der Waals surface area contributed by atoms with Gasteiger partial charge in [0.2, 0.25) is 0 Å². The van der Waals surface area contributed by atoms with E-state index >= 15 is 0 Å². The minimum Gasteiger partial charge on any atom is -0.404 e. The number of nitrogen functional groups attached to an aromatic ring is 1. The molecule has 27 heavy (non-hydrogen) atoms. The van der Waals surface area contributed by atoms with Crippen LogP contribution in [0, 0.1) is 6.92 Å². The van der Waals surface area contributed by atoms with Gasteiger partial charge in [-0.2, -0.15) is 9.48 Å². The number of rotatable bonds is 4. The van der Waals surface area contributed by atoms with Gasteiger partial charge >= 0.3 is 12.1 Å². The van der Waals surface area contributed by atoms with Gasteiger partial charge < -0.3 is 10.5 Å². The second-order valence-electron chi connectivity index (χ2n) is 5.67. The van der Waals surface area contributed by atoms with E-state index in [0.717, 1.165) is 27.9 Å². The van der Waals surface area contributed by atoms with Crippen LogP contribution in [0.15, 0.2) is 41.2 Å². The fourth-order valence-corrected chi connectivity index (χ4v) is 2.66. The molecular formula is C16H13ClF3N5O2. The molecule has 0 amide bonds. The first-order chi connectivity index (χ1) is 12.6. The van der Waals surface area contributed by atoms with E-state index in [1.54, 1.807) is 12.1 Å². The third-order valence-electron chi connectivity index (χ3n) is 3.69. The van der Waals surface area contributed by atoms with Gasteiger partial charge in [-0.25, -0.2) is 4.79 Å². The van der Waals surface area contributed by atoms with E-state index < -0.39 is 17.8 Å². The highest BCUT2D eigenvalue weighted by molar-refractivity contribution is 6.32. The molecule has 0 aliphatic carbocycles. The molecule has 1 heterocycles. The number of aromatic nitrogens is 4. The zero-order valence-corrected chi connectivity index (χ0v) is 14.6. The molecule has 2 aromatic carbocycles. The number of tetrazole rings is 1. The first-order valence-corrected chi connectivity index (χ1v) is 7.95. The summed E-state index contributed by atoms with van der Waals surface area (Å²) in [5.74, 6) is -0.575. The van der Waals surface area contributed by atoms with Crippen LogP contribution in [-0.2, 0) is 6.54 Å². The molecular weight excluding hydrogens is 387 g/mol. The van der Waals surface area contributed by atoms with Gasteiger partial charge in [-0.15, -0.1) is 13.2 Å². The number of nitrogens with two attached hydrogens (primary N) is 1. The highest BCUT2D eigenvalue weighted by Crippen LogP contribution is 2.31. The molecule has 0 unspecified atom stereocenters. The van der Waals surface area contributed by atoms with Crippen molar-refractivity contribution in [3.05, 3.63) is 63.0 Å². The summed E-state index contributed by atoms with van der Waals surface area (Å²) < 4.78 is 42.0. The number of hydrogen-bond acceptors (Lipinski definition) is 5. The second-order valence-corrected chi connectivity index (χ2v) is 6.07. The Bertz CT molecular complexity index is 1050. The van der Waals surface area contributed by atoms with Gasteiger partial charge in [0.15, 0.2) is 0 Å². The maximum absolute atomic E-state index is 12.4. The van der Waals surface area contributed by atoms with Crippen molar-refractivity contribution in [2.24, 2.45) is 0 Å². The lowest BCUT2D eigenvalue weighted by molar-refractivity contribution is -0.274. The van der Waals surface area contributed by atoms with E-state index in [2.05, 4.69) is 15.0 Å². The molecule has 7 nitrogen and oxygen atoms in total. The highest BCUT2D eigenvalue weighted by Gasteiger charge is 2.32. The number of halogens is 4. The molecule has 0 saturated carbocycles. The number of benzene rings is 2. The average Bonchev–Trinajstić information content (AvgIpc) is 2.92. The van der Waals surface area contributed by atoms with Crippen LogP contribution in [0.1, 0.15) is 11.1 Å². The lowest BCUT2D eigenvalue weighted by Crippen LogP contribution is -2.23. The van der Waals surface area contributed by atoms with E-state index in [9.17, 15) is 18.0 Å². The predicted octanol–water partition coefficient (Wildman–Crippen LogP) is 2.92. The molecule has 11 heteroatoms. The molecule has 1 aromatic heterocycles. The largest absolute Gasteiger partial charge is 0.573 e. The Labute approximate surface area is 155 Å². The SMILES string of the molecule is Cc1cc(Cn2nnc(=O)n2-c2ccc(OC(F)(F)F)c(Cl)c2)ccc1N. The molecule has 0 spiro atoms. The Hall–Kier alpha value is -3.01. The summed E-state index contributed by atoms with van der Waals surface area (Å²) in [5.41, 5.74) is 7.57. The van der Waals surface area contributed by atoms with Gasteiger partial charge in [-0.3, -0.25) is 0 Å². The molecule has 3 aromatic rings. The van der Waals surface area contributed by atoms with Crippen molar-refractivity contribution >= 4 is 17.3 Å². The molecule has 0 aliphatic rings. The molecule has 3 rings (SSSR count). The van der Waals surface area contributed by atoms with Crippen LogP contribution in [0.5, 0.6) is 5.75 Å². The smallest absolute Gasteiger partial charge is 0.404 e. The maximum atomic E-state index is 12.4. The summed E-state index contributed by atoms with van der Waals surface area (Å²) in [4.78, 5) is 13.3. The van der Waals surface area contributed by atoms with E-state index in [1.165, 1.54) is 10.9 Å². The van der Waals surface area contributed by atoms with E-state index in [0.29, 0.717) is 5.69 Å². The molecule has 0 radical (unpaired) electrons. The topological polar surface area (TPSA) is 88.0 Å². The number of anilines is 1. The van der Waals surface area contributed by atoms with Gasteiger partial charge in [0.05, 0.1) is 17.3 Å². The van der Waals surface area contributed by atoms with E-state index in [4.69, 9.17) is 17.3 Å². The quantitative estimate of drug-likeness (QED) is 0.681. The lowest BCUT2D eigenvalue weighted by atomic mass is 10.1. The normalized spacial score (nSPS) is 11.6. The van der Waals surface area contributed by atoms with Crippen molar-refractivity contribution in [1.82, 2.24) is 19.8 Å². The minimum atomic E-state index is -4.88. The van der Waals surface area contributed by atoms with Crippen LogP contribution in [0.2, 0.25) is 5.02 Å². The predicted molar refractivity (Wildman–Crippen MR) is 92.0 cm³/mol. The number of alkyl halides is 3. The molecule has 0 bridgehead atoms. The number of nitrogens with zero attached hydrogens (tertiary/aromatic N) is 4. The number of ether oxygens (including phenoxy) is 1. The van der Waals surface area contributed by atoms with Crippen LogP contribution >= 0.6 is 11.6 Å². The summed E-state index contributed by atoms with van der Waals surface area (Å²) in [6.45, 7) is 2.03. The van der Waals surface area contributed by atoms with Crippen LogP contribution in [0.4, 0.5) is 18.9 Å². The first-order valence-electron chi connectivity index (χ1n) is 7.57. The monoisotopic (exact) mass is 399 g/mol. The third kappa shape index (κ3) is 4.22. The fraction of sp³-hybridized carbons (Fsp3) is 0.188. The van der Waals surface area contributed by atoms with Crippen LogP contribution in [0.3, 0.4) is 0 Å². The summed E-state index contributed by atoms with van der Waals surface area (Å²) in [6, 6.07) is 8.76. The molecule has 0 atom stereocenters. The number of aryl methyl sites for hydroxylation is 1. The van der Waals surface area contributed by atoms with Crippen LogP contribution < -0.4 is 16.2 Å². The van der Waals surface area contributed by atoms with Gasteiger partial charge in [0.1, 0.15) is 5.75 Å². The van der Waals surface area contributed by atoms with Crippen molar-refractivity contribution in [1.29, 1.82) is 0 Å². The lowest BCUT2D eigenvalue weighted by Gasteiger charge is -2.13. The second kappa shape index (κ2) is 6.95. The van der Waals surface area contributed by atoms with Crippen molar-refractivity contribution in [3.8, 4) is 11.4 Å². The Morgan fingerprint density at radius 1 is 1.22 bits per heavy atom. The Morgan fingerprint density at radius 3 is 2.59 bits per heavy atom. The number of hydrogen-bond donors (Lipinski definition) is 1. The highest BCUT2D eigenvalue weighted by atomic mass is 35.5. The van der Waals surface area contributed by atoms with Gasteiger partial charge in [-0.1, -0.05) is 28.8 Å². The Balaban J connectivity index is 1.96. The zero-order chi connectivity index (χ0) is 19.8. The fourth-order valence-electron chi connectivity index (χ4n) is 2.45. The summed E-state index contributed by atoms with van der Waals surface area (Å²) in [5, 5.41) is 6.95. The minimum absolute atomic E-state index is 0.189. The standard InChI is InChI=1S/C16H13ClF3N5O2/c1-9-6-10(2-4-13(9)21)8-24-23-22-15(26)25(24)11-3-5-14(12(17)7-11)27-16(18,19)20/h2-7H,8,21H2,1H3. The van der Waals surface area contributed by atoms with Gasteiger partial charge in [0.25, 0.3) is 0 Å². The third-order valence-corrected chi connectivity index (χ3v) is 3.98. The Kier molecular flexibility index (Phi) is 4.83. The van der Waals surface area contributed by atoms with Gasteiger partial charge in [-0.05, 0) is 47.5 Å². The van der Waals surface area contributed by atoms with Crippen molar-refractivity contribution in [3.63, 3.8) is 0 Å². The van der Waals surface area contributed by atoms with E-state index in [1.807, 2.05) is 13.0 Å². The summed E-state index contributed by atoms with van der Waals surface area (Å²) >= 11 is 5.85. The van der Waals surface area contributed by atoms with Crippen LogP contribution in [0.25, 0.3) is 5.69 Å². The maximum Gasteiger partial charge on any atom is 0.573 e.